The van der Waals surface area contributed by atoms with Crippen LogP contribution < -0.4 is 10.2 Å². The molecule has 0 aliphatic rings. The molecule has 1 aromatic rings. The van der Waals surface area contributed by atoms with E-state index >= 15 is 0 Å². The predicted molar refractivity (Wildman–Crippen MR) is 74.0 cm³/mol. The topological polar surface area (TPSA) is 51.6 Å². The van der Waals surface area contributed by atoms with Gasteiger partial charge in [0.2, 0.25) is 0 Å². The van der Waals surface area contributed by atoms with E-state index in [1.54, 1.807) is 27.7 Å². The van der Waals surface area contributed by atoms with Gasteiger partial charge in [-0.25, -0.2) is 9.37 Å². The van der Waals surface area contributed by atoms with Crippen molar-refractivity contribution in [2.24, 2.45) is 0 Å². The minimum atomic E-state index is -4.56. The zero-order valence-corrected chi connectivity index (χ0v) is 12.8. The second-order valence-corrected chi connectivity index (χ2v) is 5.89. The highest BCUT2D eigenvalue weighted by Gasteiger charge is 2.35. The van der Waals surface area contributed by atoms with Crippen LogP contribution in [-0.2, 0) is 4.65 Å². The van der Waals surface area contributed by atoms with E-state index in [1.165, 1.54) is 0 Å². The largest absolute Gasteiger partial charge is 0.466 e. The molecule has 0 amide bonds. The molecule has 124 valence electrons. The lowest BCUT2D eigenvalue weighted by atomic mass is 9.83. The van der Waals surface area contributed by atoms with E-state index in [1.807, 2.05) is 0 Å². The highest BCUT2D eigenvalue weighted by atomic mass is 19.4. The molecule has 1 aromatic heterocycles. The quantitative estimate of drug-likeness (QED) is 0.640. The Labute approximate surface area is 126 Å². The van der Waals surface area contributed by atoms with Gasteiger partial charge in [-0.2, -0.15) is 13.2 Å². The van der Waals surface area contributed by atoms with Gasteiger partial charge in [-0.1, -0.05) is 0 Å². The van der Waals surface area contributed by atoms with Crippen molar-refractivity contribution in [2.75, 3.05) is 6.61 Å². The third kappa shape index (κ3) is 5.45. The summed E-state index contributed by atoms with van der Waals surface area (Å²) < 4.78 is 59.4. The van der Waals surface area contributed by atoms with Gasteiger partial charge in [-0.05, 0) is 39.2 Å². The molecule has 0 aromatic carbocycles. The lowest BCUT2D eigenvalue weighted by Crippen LogP contribution is -2.49. The fraction of sp³-hybridized carbons (Fsp3) is 0.615. The lowest BCUT2D eigenvalue weighted by Gasteiger charge is -2.37. The van der Waals surface area contributed by atoms with Crippen molar-refractivity contribution in [1.82, 2.24) is 4.98 Å². The summed E-state index contributed by atoms with van der Waals surface area (Å²) in [5, 5.41) is 9.93. The molecule has 1 rings (SSSR count). The molecule has 0 aliphatic carbocycles. The summed E-state index contributed by atoms with van der Waals surface area (Å²) in [4.78, 5) is 3.50. The van der Waals surface area contributed by atoms with Crippen LogP contribution in [0, 0.1) is 5.82 Å². The van der Waals surface area contributed by atoms with E-state index in [0.29, 0.717) is 5.46 Å². The second-order valence-electron chi connectivity index (χ2n) is 5.89. The Morgan fingerprint density at radius 3 is 2.27 bits per heavy atom. The summed E-state index contributed by atoms with van der Waals surface area (Å²) in [7, 11) is -0.0551. The Morgan fingerprint density at radius 1 is 1.23 bits per heavy atom. The van der Waals surface area contributed by atoms with Crippen LogP contribution in [0.5, 0.6) is 5.88 Å². The average molecular weight is 323 g/mol. The van der Waals surface area contributed by atoms with E-state index in [4.69, 9.17) is 4.65 Å². The molecular weight excluding hydrogens is 305 g/mol. The van der Waals surface area contributed by atoms with Gasteiger partial charge in [0.15, 0.2) is 12.4 Å². The molecule has 1 N–H and O–H groups in total. The minimum Gasteiger partial charge on any atom is -0.466 e. The maximum atomic E-state index is 13.6. The molecule has 1 heterocycles. The minimum absolute atomic E-state index is 0.0551. The number of alkyl halides is 3. The highest BCUT2D eigenvalue weighted by molar-refractivity contribution is 6.46. The fourth-order valence-electron chi connectivity index (χ4n) is 1.24. The van der Waals surface area contributed by atoms with Crippen LogP contribution in [0.2, 0.25) is 0 Å². The van der Waals surface area contributed by atoms with Crippen LogP contribution in [0.3, 0.4) is 0 Å². The molecule has 22 heavy (non-hydrogen) atoms. The molecule has 0 unspecified atom stereocenters. The van der Waals surface area contributed by atoms with Crippen molar-refractivity contribution in [1.29, 1.82) is 0 Å². The molecule has 0 saturated carbocycles. The van der Waals surface area contributed by atoms with Crippen molar-refractivity contribution in [3.05, 3.63) is 18.1 Å². The number of nitrogens with zero attached hydrogens (tertiary/aromatic N) is 1. The summed E-state index contributed by atoms with van der Waals surface area (Å²) >= 11 is 0. The van der Waals surface area contributed by atoms with Crippen LogP contribution in [0.1, 0.15) is 27.7 Å². The van der Waals surface area contributed by atoms with Crippen LogP contribution >= 0.6 is 0 Å². The highest BCUT2D eigenvalue weighted by Crippen LogP contribution is 2.24. The lowest BCUT2D eigenvalue weighted by molar-refractivity contribution is -0.154. The Kier molecular flexibility index (Phi) is 5.45. The molecule has 4 nitrogen and oxygen atoms in total. The monoisotopic (exact) mass is 323 g/mol. The SMILES string of the molecule is CC(C)(O)C(C)(C)OBc1cnc(OCC(F)(F)F)c(F)c1. The first-order chi connectivity index (χ1) is 9.82. The van der Waals surface area contributed by atoms with Crippen molar-refractivity contribution < 1.29 is 32.1 Å². The molecule has 0 saturated heterocycles. The van der Waals surface area contributed by atoms with Gasteiger partial charge in [0.25, 0.3) is 5.88 Å². The molecule has 0 bridgehead atoms. The molecule has 0 spiro atoms. The van der Waals surface area contributed by atoms with Gasteiger partial charge >= 0.3 is 13.7 Å². The van der Waals surface area contributed by atoms with E-state index in [0.717, 1.165) is 12.3 Å². The first-order valence-electron chi connectivity index (χ1n) is 6.52. The van der Waals surface area contributed by atoms with Crippen molar-refractivity contribution in [3.63, 3.8) is 0 Å². The standard InChI is InChI=1S/C13H18BF4NO3/c1-11(2,20)12(3,4)22-14-8-5-9(15)10(19-6-8)21-7-13(16,17)18/h5-6,14,20H,7H2,1-4H3. The van der Waals surface area contributed by atoms with E-state index in [-0.39, 0.29) is 7.48 Å². The summed E-state index contributed by atoms with van der Waals surface area (Å²) in [6.07, 6.45) is -3.40. The summed E-state index contributed by atoms with van der Waals surface area (Å²) in [6, 6.07) is 0.985. The number of ether oxygens (including phenoxy) is 1. The van der Waals surface area contributed by atoms with Crippen molar-refractivity contribution >= 4 is 12.9 Å². The molecule has 0 atom stereocenters. The Hall–Kier alpha value is -1.35. The van der Waals surface area contributed by atoms with Crippen LogP contribution in [0.4, 0.5) is 17.6 Å². The normalized spacial score (nSPS) is 13.1. The average Bonchev–Trinajstić information content (AvgIpc) is 2.32. The van der Waals surface area contributed by atoms with Crippen molar-refractivity contribution in [3.8, 4) is 5.88 Å². The van der Waals surface area contributed by atoms with Gasteiger partial charge in [-0.15, -0.1) is 0 Å². The third-order valence-electron chi connectivity index (χ3n) is 3.31. The second kappa shape index (κ2) is 6.41. The van der Waals surface area contributed by atoms with E-state index in [9.17, 15) is 22.7 Å². The summed E-state index contributed by atoms with van der Waals surface area (Å²) in [6.45, 7) is 4.85. The van der Waals surface area contributed by atoms with E-state index < -0.39 is 35.7 Å². The van der Waals surface area contributed by atoms with Gasteiger partial charge in [-0.3, -0.25) is 0 Å². The number of hydrogen-bond donors (Lipinski definition) is 1. The molecule has 0 radical (unpaired) electrons. The Bertz CT molecular complexity index is 515. The number of hydrogen-bond acceptors (Lipinski definition) is 4. The predicted octanol–water partition coefficient (Wildman–Crippen LogP) is 1.70. The molecular formula is C13H18BF4NO3. The Morgan fingerprint density at radius 2 is 1.82 bits per heavy atom. The van der Waals surface area contributed by atoms with Crippen LogP contribution in [-0.4, -0.2) is 41.6 Å². The van der Waals surface area contributed by atoms with Crippen LogP contribution in [0.25, 0.3) is 0 Å². The first-order valence-corrected chi connectivity index (χ1v) is 6.52. The molecule has 0 fully saturated rings. The fourth-order valence-corrected chi connectivity index (χ4v) is 1.24. The number of aliphatic hydroxyl groups is 1. The van der Waals surface area contributed by atoms with Gasteiger partial charge in [0, 0.05) is 6.20 Å². The number of aromatic nitrogens is 1. The first kappa shape index (κ1) is 18.7. The zero-order valence-electron chi connectivity index (χ0n) is 12.8. The number of halogens is 4. The molecule has 0 aliphatic heterocycles. The van der Waals surface area contributed by atoms with Crippen molar-refractivity contribution in [2.45, 2.75) is 45.1 Å². The summed E-state index contributed by atoms with van der Waals surface area (Å²) in [5.41, 5.74) is -1.72. The molecule has 9 heteroatoms. The zero-order chi connectivity index (χ0) is 17.2. The van der Waals surface area contributed by atoms with E-state index in [2.05, 4.69) is 9.72 Å². The summed E-state index contributed by atoms with van der Waals surface area (Å²) in [5.74, 6) is -1.73. The Balaban J connectivity index is 2.70. The van der Waals surface area contributed by atoms with Gasteiger partial charge < -0.3 is 14.5 Å². The van der Waals surface area contributed by atoms with Gasteiger partial charge in [0.05, 0.1) is 11.2 Å². The van der Waals surface area contributed by atoms with Crippen LogP contribution in [0.15, 0.2) is 12.3 Å². The smallest absolute Gasteiger partial charge is 0.422 e. The maximum Gasteiger partial charge on any atom is 0.422 e. The van der Waals surface area contributed by atoms with Gasteiger partial charge in [0.1, 0.15) is 0 Å². The number of rotatable bonds is 6. The number of pyridine rings is 1. The third-order valence-corrected chi connectivity index (χ3v) is 3.31. The maximum absolute atomic E-state index is 13.6.